The highest BCUT2D eigenvalue weighted by Gasteiger charge is 2.15. The Bertz CT molecular complexity index is 661. The van der Waals surface area contributed by atoms with Gasteiger partial charge in [-0.15, -0.1) is 0 Å². The molecule has 6 heteroatoms. The molecule has 6 nitrogen and oxygen atoms in total. The molecule has 1 heterocycles. The van der Waals surface area contributed by atoms with E-state index < -0.39 is 5.91 Å². The Morgan fingerprint density at radius 2 is 2.05 bits per heavy atom. The number of rotatable bonds is 4. The first-order chi connectivity index (χ1) is 9.54. The van der Waals surface area contributed by atoms with E-state index in [0.717, 1.165) is 12.1 Å². The van der Waals surface area contributed by atoms with Crippen LogP contribution in [0.2, 0.25) is 0 Å². The first-order valence-electron chi connectivity index (χ1n) is 6.27. The SMILES string of the molecule is CCc1[nH]ncc1NC(=O)c1cccc(C(N)=O)c1C. The Balaban J connectivity index is 2.30. The normalized spacial score (nSPS) is 10.3. The number of nitrogens with two attached hydrogens (primary N) is 1. The molecule has 1 aromatic carbocycles. The summed E-state index contributed by atoms with van der Waals surface area (Å²) in [7, 11) is 0. The van der Waals surface area contributed by atoms with Crippen molar-refractivity contribution in [1.29, 1.82) is 0 Å². The zero-order chi connectivity index (χ0) is 14.7. The van der Waals surface area contributed by atoms with Crippen LogP contribution in [0.25, 0.3) is 0 Å². The third-order valence-electron chi connectivity index (χ3n) is 3.16. The summed E-state index contributed by atoms with van der Waals surface area (Å²) in [6.45, 7) is 3.66. The van der Waals surface area contributed by atoms with Crippen LogP contribution in [0.4, 0.5) is 5.69 Å². The van der Waals surface area contributed by atoms with Crippen molar-refractivity contribution < 1.29 is 9.59 Å². The molecule has 0 radical (unpaired) electrons. The van der Waals surface area contributed by atoms with Crippen molar-refractivity contribution in [2.24, 2.45) is 5.73 Å². The lowest BCUT2D eigenvalue weighted by molar-refractivity contribution is 0.0999. The Morgan fingerprint density at radius 3 is 2.70 bits per heavy atom. The van der Waals surface area contributed by atoms with Crippen LogP contribution in [0.3, 0.4) is 0 Å². The molecular weight excluding hydrogens is 256 g/mol. The number of carbonyl (C=O) groups excluding carboxylic acids is 2. The highest BCUT2D eigenvalue weighted by atomic mass is 16.2. The summed E-state index contributed by atoms with van der Waals surface area (Å²) in [5.74, 6) is -0.837. The minimum Gasteiger partial charge on any atom is -0.366 e. The molecule has 2 rings (SSSR count). The van der Waals surface area contributed by atoms with Crippen molar-refractivity contribution in [1.82, 2.24) is 10.2 Å². The van der Waals surface area contributed by atoms with Gasteiger partial charge in [0.25, 0.3) is 5.91 Å². The molecule has 0 bridgehead atoms. The third kappa shape index (κ3) is 2.54. The molecule has 0 saturated carbocycles. The van der Waals surface area contributed by atoms with Gasteiger partial charge in [-0.3, -0.25) is 14.7 Å². The Kier molecular flexibility index (Phi) is 3.84. The van der Waals surface area contributed by atoms with Crippen LogP contribution >= 0.6 is 0 Å². The fourth-order valence-electron chi connectivity index (χ4n) is 2.03. The molecule has 0 fully saturated rings. The predicted molar refractivity (Wildman–Crippen MR) is 75.6 cm³/mol. The van der Waals surface area contributed by atoms with Crippen molar-refractivity contribution in [2.45, 2.75) is 20.3 Å². The number of amides is 2. The molecule has 20 heavy (non-hydrogen) atoms. The lowest BCUT2D eigenvalue weighted by Crippen LogP contribution is -2.18. The number of hydrogen-bond acceptors (Lipinski definition) is 3. The van der Waals surface area contributed by atoms with E-state index in [1.54, 1.807) is 31.3 Å². The molecule has 0 aliphatic carbocycles. The number of nitrogens with zero attached hydrogens (tertiary/aromatic N) is 1. The van der Waals surface area contributed by atoms with E-state index in [0.29, 0.717) is 22.4 Å². The van der Waals surface area contributed by atoms with E-state index in [1.165, 1.54) is 0 Å². The van der Waals surface area contributed by atoms with E-state index in [4.69, 9.17) is 5.73 Å². The lowest BCUT2D eigenvalue weighted by Gasteiger charge is -2.09. The molecule has 1 aromatic heterocycles. The number of carbonyl (C=O) groups is 2. The quantitative estimate of drug-likeness (QED) is 0.788. The predicted octanol–water partition coefficient (Wildman–Crippen LogP) is 1.63. The van der Waals surface area contributed by atoms with Gasteiger partial charge < -0.3 is 11.1 Å². The van der Waals surface area contributed by atoms with Gasteiger partial charge >= 0.3 is 0 Å². The van der Waals surface area contributed by atoms with Crippen molar-refractivity contribution in [3.05, 3.63) is 46.8 Å². The molecular formula is C14H16N4O2. The number of anilines is 1. The van der Waals surface area contributed by atoms with Crippen LogP contribution in [0.5, 0.6) is 0 Å². The van der Waals surface area contributed by atoms with Crippen LogP contribution in [0.15, 0.2) is 24.4 Å². The summed E-state index contributed by atoms with van der Waals surface area (Å²) in [5, 5.41) is 9.49. The van der Waals surface area contributed by atoms with Gasteiger partial charge in [0.05, 0.1) is 17.6 Å². The number of aromatic nitrogens is 2. The highest BCUT2D eigenvalue weighted by molar-refractivity contribution is 6.07. The molecule has 0 atom stereocenters. The lowest BCUT2D eigenvalue weighted by atomic mass is 10.0. The molecule has 2 aromatic rings. The average Bonchev–Trinajstić information content (AvgIpc) is 2.85. The second-order valence-electron chi connectivity index (χ2n) is 4.41. The standard InChI is InChI=1S/C14H16N4O2/c1-3-11-12(7-16-18-11)17-14(20)10-6-4-5-9(8(10)2)13(15)19/h4-7H,3H2,1-2H3,(H2,15,19)(H,16,18)(H,17,20). The van der Waals surface area contributed by atoms with E-state index >= 15 is 0 Å². The molecule has 2 amide bonds. The van der Waals surface area contributed by atoms with Gasteiger partial charge in [0.1, 0.15) is 0 Å². The van der Waals surface area contributed by atoms with Gasteiger partial charge in [-0.1, -0.05) is 13.0 Å². The number of hydrogen-bond donors (Lipinski definition) is 3. The molecule has 104 valence electrons. The average molecular weight is 272 g/mol. The molecule has 0 spiro atoms. The van der Waals surface area contributed by atoms with Gasteiger partial charge in [-0.25, -0.2) is 0 Å². The fourth-order valence-corrected chi connectivity index (χ4v) is 2.03. The second kappa shape index (κ2) is 5.56. The number of H-pyrrole nitrogens is 1. The van der Waals surface area contributed by atoms with Crippen LogP contribution in [0.1, 0.15) is 38.9 Å². The molecule has 0 unspecified atom stereocenters. The fraction of sp³-hybridized carbons (Fsp3) is 0.214. The molecule has 0 saturated heterocycles. The summed E-state index contributed by atoms with van der Waals surface area (Å²) in [6.07, 6.45) is 2.29. The van der Waals surface area contributed by atoms with E-state index in [-0.39, 0.29) is 5.91 Å². The summed E-state index contributed by atoms with van der Waals surface area (Å²) >= 11 is 0. The van der Waals surface area contributed by atoms with Crippen molar-refractivity contribution in [3.63, 3.8) is 0 Å². The van der Waals surface area contributed by atoms with Gasteiger partial charge in [0, 0.05) is 11.1 Å². The largest absolute Gasteiger partial charge is 0.366 e. The van der Waals surface area contributed by atoms with E-state index in [1.807, 2.05) is 6.92 Å². The Labute approximate surface area is 116 Å². The molecule has 0 aliphatic heterocycles. The van der Waals surface area contributed by atoms with Crippen molar-refractivity contribution in [2.75, 3.05) is 5.32 Å². The summed E-state index contributed by atoms with van der Waals surface area (Å²) in [4.78, 5) is 23.6. The van der Waals surface area contributed by atoms with Crippen LogP contribution in [-0.4, -0.2) is 22.0 Å². The first-order valence-corrected chi connectivity index (χ1v) is 6.27. The van der Waals surface area contributed by atoms with Crippen molar-refractivity contribution in [3.8, 4) is 0 Å². The van der Waals surface area contributed by atoms with Crippen LogP contribution in [0, 0.1) is 6.92 Å². The molecule has 0 aliphatic rings. The summed E-state index contributed by atoms with van der Waals surface area (Å²) in [6, 6.07) is 4.89. The van der Waals surface area contributed by atoms with Crippen molar-refractivity contribution >= 4 is 17.5 Å². The van der Waals surface area contributed by atoms with E-state index in [2.05, 4.69) is 15.5 Å². The summed E-state index contributed by atoms with van der Waals surface area (Å²) in [5.41, 5.74) is 8.11. The zero-order valence-electron chi connectivity index (χ0n) is 11.4. The highest BCUT2D eigenvalue weighted by Crippen LogP contribution is 2.17. The minimum absolute atomic E-state index is 0.290. The second-order valence-corrected chi connectivity index (χ2v) is 4.41. The van der Waals surface area contributed by atoms with Gasteiger partial charge in [-0.2, -0.15) is 5.10 Å². The number of aromatic amines is 1. The smallest absolute Gasteiger partial charge is 0.256 e. The monoisotopic (exact) mass is 272 g/mol. The Hall–Kier alpha value is -2.63. The summed E-state index contributed by atoms with van der Waals surface area (Å²) < 4.78 is 0. The van der Waals surface area contributed by atoms with Gasteiger partial charge in [0.15, 0.2) is 0 Å². The number of nitrogens with one attached hydrogen (secondary N) is 2. The van der Waals surface area contributed by atoms with Gasteiger partial charge in [-0.05, 0) is 31.0 Å². The number of primary amides is 1. The minimum atomic E-state index is -0.547. The van der Waals surface area contributed by atoms with Crippen LogP contribution in [-0.2, 0) is 6.42 Å². The maximum absolute atomic E-state index is 12.3. The maximum atomic E-state index is 12.3. The van der Waals surface area contributed by atoms with E-state index in [9.17, 15) is 9.59 Å². The zero-order valence-corrected chi connectivity index (χ0v) is 11.4. The topological polar surface area (TPSA) is 101 Å². The maximum Gasteiger partial charge on any atom is 0.256 e. The van der Waals surface area contributed by atoms with Crippen LogP contribution < -0.4 is 11.1 Å². The van der Waals surface area contributed by atoms with Gasteiger partial charge in [0.2, 0.25) is 5.91 Å². The Morgan fingerprint density at radius 1 is 1.35 bits per heavy atom. The first kappa shape index (κ1) is 13.8. The molecule has 4 N–H and O–H groups in total. The number of aryl methyl sites for hydroxylation is 1. The third-order valence-corrected chi connectivity index (χ3v) is 3.16. The number of benzene rings is 1.